The number of hydrogen-bond acceptors (Lipinski definition) is 6. The van der Waals surface area contributed by atoms with Crippen molar-refractivity contribution in [2.24, 2.45) is 0 Å². The van der Waals surface area contributed by atoms with Crippen LogP contribution in [0.2, 0.25) is 5.02 Å². The highest BCUT2D eigenvalue weighted by molar-refractivity contribution is 7.13. The molecule has 0 aliphatic carbocycles. The zero-order valence-corrected chi connectivity index (χ0v) is 13.7. The first-order valence-electron chi connectivity index (χ1n) is 6.96. The van der Waals surface area contributed by atoms with Crippen molar-refractivity contribution in [1.29, 1.82) is 0 Å². The molecule has 0 amide bonds. The van der Waals surface area contributed by atoms with E-state index in [-0.39, 0.29) is 5.69 Å². The summed E-state index contributed by atoms with van der Waals surface area (Å²) in [5.41, 5.74) is 1.59. The Morgan fingerprint density at radius 1 is 1.41 bits per heavy atom. The third-order valence-electron chi connectivity index (χ3n) is 2.94. The molecule has 0 saturated carbocycles. The molecule has 0 unspecified atom stereocenters. The first-order chi connectivity index (χ1) is 10.6. The maximum absolute atomic E-state index is 10.7. The van der Waals surface area contributed by atoms with Gasteiger partial charge in [0.15, 0.2) is 5.13 Å². The van der Waals surface area contributed by atoms with Gasteiger partial charge < -0.3 is 10.6 Å². The van der Waals surface area contributed by atoms with Gasteiger partial charge >= 0.3 is 0 Å². The minimum Gasteiger partial charge on any atom is -0.330 e. The first kappa shape index (κ1) is 16.7. The van der Waals surface area contributed by atoms with E-state index in [9.17, 15) is 10.1 Å². The van der Waals surface area contributed by atoms with Gasteiger partial charge in [-0.05, 0) is 19.0 Å². The number of benzene rings is 1. The van der Waals surface area contributed by atoms with Gasteiger partial charge in [0.25, 0.3) is 5.69 Å². The van der Waals surface area contributed by atoms with E-state index in [4.69, 9.17) is 11.6 Å². The Labute approximate surface area is 137 Å². The number of nitro groups is 1. The Bertz CT molecular complexity index is 648. The van der Waals surface area contributed by atoms with Crippen LogP contribution in [0.1, 0.15) is 19.0 Å². The molecule has 1 aromatic carbocycles. The Hall–Kier alpha value is -1.70. The summed E-state index contributed by atoms with van der Waals surface area (Å²) in [5, 5.41) is 20.1. The van der Waals surface area contributed by atoms with Crippen LogP contribution >= 0.6 is 22.9 Å². The highest BCUT2D eigenvalue weighted by Crippen LogP contribution is 2.30. The fourth-order valence-corrected chi connectivity index (χ4v) is 2.81. The van der Waals surface area contributed by atoms with Gasteiger partial charge in [-0.2, -0.15) is 0 Å². The topological polar surface area (TPSA) is 80.1 Å². The molecule has 1 aromatic heterocycles. The maximum atomic E-state index is 10.7. The third kappa shape index (κ3) is 4.66. The van der Waals surface area contributed by atoms with Crippen LogP contribution in [0.15, 0.2) is 23.6 Å². The number of nitro benzene ring substituents is 1. The SMILES string of the molecule is CCCNCCc1csc(Nc2ccc([N+](=O)[O-])cc2Cl)n1. The van der Waals surface area contributed by atoms with Crippen molar-refractivity contribution in [3.05, 3.63) is 44.4 Å². The highest BCUT2D eigenvalue weighted by Gasteiger charge is 2.10. The van der Waals surface area contributed by atoms with E-state index in [1.54, 1.807) is 6.07 Å². The summed E-state index contributed by atoms with van der Waals surface area (Å²) < 4.78 is 0. The molecule has 0 aliphatic rings. The summed E-state index contributed by atoms with van der Waals surface area (Å²) in [6.07, 6.45) is 1.98. The van der Waals surface area contributed by atoms with Crippen molar-refractivity contribution in [2.45, 2.75) is 19.8 Å². The minimum absolute atomic E-state index is 0.0302. The van der Waals surface area contributed by atoms with Crippen molar-refractivity contribution in [3.8, 4) is 0 Å². The molecule has 2 N–H and O–H groups in total. The lowest BCUT2D eigenvalue weighted by atomic mass is 10.3. The van der Waals surface area contributed by atoms with Crippen molar-refractivity contribution < 1.29 is 4.92 Å². The van der Waals surface area contributed by atoms with E-state index in [0.29, 0.717) is 10.7 Å². The van der Waals surface area contributed by atoms with Gasteiger partial charge in [-0.15, -0.1) is 11.3 Å². The quantitative estimate of drug-likeness (QED) is 0.431. The average molecular weight is 341 g/mol. The van der Waals surface area contributed by atoms with Gasteiger partial charge in [0, 0.05) is 30.5 Å². The number of rotatable bonds is 8. The van der Waals surface area contributed by atoms with Gasteiger partial charge in [-0.25, -0.2) is 4.98 Å². The molecular weight excluding hydrogens is 324 g/mol. The normalized spacial score (nSPS) is 10.6. The number of nitrogens with zero attached hydrogens (tertiary/aromatic N) is 2. The minimum atomic E-state index is -0.472. The molecule has 1 heterocycles. The summed E-state index contributed by atoms with van der Waals surface area (Å²) in [5.74, 6) is 0. The second-order valence-corrected chi connectivity index (χ2v) is 5.96. The number of nitrogens with one attached hydrogen (secondary N) is 2. The van der Waals surface area contributed by atoms with Crippen LogP contribution in [0.4, 0.5) is 16.5 Å². The molecule has 0 fully saturated rings. The number of halogens is 1. The van der Waals surface area contributed by atoms with Crippen LogP contribution < -0.4 is 10.6 Å². The Morgan fingerprint density at radius 2 is 2.23 bits per heavy atom. The molecule has 2 rings (SSSR count). The van der Waals surface area contributed by atoms with E-state index in [1.165, 1.54) is 23.5 Å². The molecule has 0 bridgehead atoms. The van der Waals surface area contributed by atoms with Crippen LogP contribution in [-0.4, -0.2) is 23.0 Å². The van der Waals surface area contributed by atoms with E-state index < -0.39 is 4.92 Å². The van der Waals surface area contributed by atoms with E-state index in [1.807, 2.05) is 5.38 Å². The number of hydrogen-bond donors (Lipinski definition) is 2. The van der Waals surface area contributed by atoms with Crippen LogP contribution in [0, 0.1) is 10.1 Å². The lowest BCUT2D eigenvalue weighted by Gasteiger charge is -2.04. The maximum Gasteiger partial charge on any atom is 0.271 e. The number of aromatic nitrogens is 1. The molecule has 2 aromatic rings. The molecule has 0 spiro atoms. The summed E-state index contributed by atoms with van der Waals surface area (Å²) >= 11 is 7.53. The summed E-state index contributed by atoms with van der Waals surface area (Å²) in [6.45, 7) is 4.04. The molecular formula is C14H17ClN4O2S. The zero-order chi connectivity index (χ0) is 15.9. The largest absolute Gasteiger partial charge is 0.330 e. The van der Waals surface area contributed by atoms with Crippen molar-refractivity contribution in [3.63, 3.8) is 0 Å². The van der Waals surface area contributed by atoms with Crippen molar-refractivity contribution in [1.82, 2.24) is 10.3 Å². The molecule has 0 saturated heterocycles. The second-order valence-electron chi connectivity index (χ2n) is 4.69. The Morgan fingerprint density at radius 3 is 2.91 bits per heavy atom. The fraction of sp³-hybridized carbons (Fsp3) is 0.357. The molecule has 0 radical (unpaired) electrons. The van der Waals surface area contributed by atoms with Crippen LogP contribution in [0.25, 0.3) is 0 Å². The van der Waals surface area contributed by atoms with Crippen LogP contribution in [-0.2, 0) is 6.42 Å². The second kappa shape index (κ2) is 8.07. The van der Waals surface area contributed by atoms with Crippen LogP contribution in [0.5, 0.6) is 0 Å². The lowest BCUT2D eigenvalue weighted by Crippen LogP contribution is -2.17. The van der Waals surface area contributed by atoms with Crippen molar-refractivity contribution in [2.75, 3.05) is 18.4 Å². The van der Waals surface area contributed by atoms with E-state index in [0.717, 1.165) is 36.8 Å². The van der Waals surface area contributed by atoms with Gasteiger partial charge in [-0.3, -0.25) is 10.1 Å². The molecule has 0 atom stereocenters. The van der Waals surface area contributed by atoms with Crippen molar-refractivity contribution >= 4 is 39.4 Å². The first-order valence-corrected chi connectivity index (χ1v) is 8.22. The molecule has 0 aliphatic heterocycles. The summed E-state index contributed by atoms with van der Waals surface area (Å²) in [6, 6.07) is 4.33. The lowest BCUT2D eigenvalue weighted by molar-refractivity contribution is -0.384. The number of anilines is 2. The zero-order valence-electron chi connectivity index (χ0n) is 12.1. The fourth-order valence-electron chi connectivity index (χ4n) is 1.83. The van der Waals surface area contributed by atoms with E-state index in [2.05, 4.69) is 22.5 Å². The standard InChI is InChI=1S/C14H17ClN4O2S/c1-2-6-16-7-5-10-9-22-14(17-10)18-13-4-3-11(19(20)21)8-12(13)15/h3-4,8-9,16H,2,5-7H2,1H3,(H,17,18). The van der Waals surface area contributed by atoms with E-state index >= 15 is 0 Å². The third-order valence-corrected chi connectivity index (χ3v) is 4.06. The predicted molar refractivity (Wildman–Crippen MR) is 90.4 cm³/mol. The summed E-state index contributed by atoms with van der Waals surface area (Å²) in [4.78, 5) is 14.7. The predicted octanol–water partition coefficient (Wildman–Crippen LogP) is 3.99. The van der Waals surface area contributed by atoms with Crippen LogP contribution in [0.3, 0.4) is 0 Å². The summed E-state index contributed by atoms with van der Waals surface area (Å²) in [7, 11) is 0. The number of thiazole rings is 1. The Balaban J connectivity index is 1.96. The Kier molecular flexibility index (Phi) is 6.11. The van der Waals surface area contributed by atoms with Gasteiger partial charge in [0.1, 0.15) is 0 Å². The molecule has 22 heavy (non-hydrogen) atoms. The number of non-ortho nitro benzene ring substituents is 1. The van der Waals surface area contributed by atoms with Gasteiger partial charge in [0.2, 0.25) is 0 Å². The van der Waals surface area contributed by atoms with Gasteiger partial charge in [0.05, 0.1) is 21.3 Å². The molecule has 8 heteroatoms. The smallest absolute Gasteiger partial charge is 0.271 e. The monoisotopic (exact) mass is 340 g/mol. The molecule has 6 nitrogen and oxygen atoms in total. The highest BCUT2D eigenvalue weighted by atomic mass is 35.5. The average Bonchev–Trinajstić information content (AvgIpc) is 2.93. The van der Waals surface area contributed by atoms with Gasteiger partial charge in [-0.1, -0.05) is 18.5 Å². The molecule has 118 valence electrons.